The van der Waals surface area contributed by atoms with Gasteiger partial charge in [0.25, 0.3) is 0 Å². The maximum atomic E-state index is 9.89. The number of piperidine rings is 1. The molecule has 2 rings (SSSR count). The molecule has 0 radical (unpaired) electrons. The number of nitrogens with zero attached hydrogens (tertiary/aromatic N) is 1. The molecule has 1 aliphatic heterocycles. The fraction of sp³-hybridized carbons (Fsp3) is 0.647. The Hall–Kier alpha value is -0.860. The predicted molar refractivity (Wildman–Crippen MR) is 80.3 cm³/mol. The standard InChI is InChI=1S/C17H27NO/c1-14-9-10-15(2)18(11-14)12-17(3,13-19)16-7-5-4-6-8-16/h4-8,14-15,19H,9-13H2,1-3H3. The topological polar surface area (TPSA) is 23.5 Å². The third-order valence-corrected chi connectivity index (χ3v) is 4.62. The third-order valence-electron chi connectivity index (χ3n) is 4.62. The first-order chi connectivity index (χ1) is 9.05. The van der Waals surface area contributed by atoms with Crippen molar-refractivity contribution in [2.45, 2.75) is 45.1 Å². The number of rotatable bonds is 4. The molecule has 2 nitrogen and oxygen atoms in total. The van der Waals surface area contributed by atoms with Crippen LogP contribution in [0, 0.1) is 5.92 Å². The van der Waals surface area contributed by atoms with E-state index in [4.69, 9.17) is 0 Å². The molecule has 1 N–H and O–H groups in total. The first kappa shape index (κ1) is 14.5. The van der Waals surface area contributed by atoms with Gasteiger partial charge in [-0.05, 0) is 31.2 Å². The highest BCUT2D eigenvalue weighted by Gasteiger charge is 2.32. The van der Waals surface area contributed by atoms with Crippen LogP contribution >= 0.6 is 0 Å². The SMILES string of the molecule is CC1CCC(C)N(CC(C)(CO)c2ccccc2)C1. The van der Waals surface area contributed by atoms with Crippen molar-refractivity contribution in [3.63, 3.8) is 0 Å². The van der Waals surface area contributed by atoms with Crippen molar-refractivity contribution in [2.75, 3.05) is 19.7 Å². The van der Waals surface area contributed by atoms with Crippen molar-refractivity contribution in [1.29, 1.82) is 0 Å². The minimum absolute atomic E-state index is 0.160. The summed E-state index contributed by atoms with van der Waals surface area (Å²) in [5.74, 6) is 0.773. The number of benzene rings is 1. The lowest BCUT2D eigenvalue weighted by atomic mass is 9.81. The van der Waals surface area contributed by atoms with Crippen molar-refractivity contribution < 1.29 is 5.11 Å². The summed E-state index contributed by atoms with van der Waals surface area (Å²) in [6, 6.07) is 11.1. The molecule has 0 amide bonds. The summed E-state index contributed by atoms with van der Waals surface area (Å²) in [5, 5.41) is 9.89. The highest BCUT2D eigenvalue weighted by Crippen LogP contribution is 2.29. The van der Waals surface area contributed by atoms with Gasteiger partial charge < -0.3 is 5.11 Å². The molecule has 3 unspecified atom stereocenters. The molecule has 0 spiro atoms. The van der Waals surface area contributed by atoms with Gasteiger partial charge in [-0.3, -0.25) is 4.90 Å². The van der Waals surface area contributed by atoms with E-state index in [1.165, 1.54) is 18.4 Å². The van der Waals surface area contributed by atoms with E-state index in [2.05, 4.69) is 49.9 Å². The summed E-state index contributed by atoms with van der Waals surface area (Å²) >= 11 is 0. The molecule has 19 heavy (non-hydrogen) atoms. The van der Waals surface area contributed by atoms with E-state index in [1.54, 1.807) is 0 Å². The van der Waals surface area contributed by atoms with Crippen LogP contribution in [0.1, 0.15) is 39.2 Å². The molecule has 1 aliphatic rings. The largest absolute Gasteiger partial charge is 0.395 e. The van der Waals surface area contributed by atoms with Crippen LogP contribution < -0.4 is 0 Å². The quantitative estimate of drug-likeness (QED) is 0.900. The zero-order valence-corrected chi connectivity index (χ0v) is 12.5. The van der Waals surface area contributed by atoms with Crippen molar-refractivity contribution in [3.05, 3.63) is 35.9 Å². The molecule has 0 aliphatic carbocycles. The van der Waals surface area contributed by atoms with E-state index in [-0.39, 0.29) is 12.0 Å². The lowest BCUT2D eigenvalue weighted by Crippen LogP contribution is -2.49. The van der Waals surface area contributed by atoms with Crippen molar-refractivity contribution in [3.8, 4) is 0 Å². The fourth-order valence-corrected chi connectivity index (χ4v) is 3.12. The zero-order valence-electron chi connectivity index (χ0n) is 12.5. The number of hydrogen-bond acceptors (Lipinski definition) is 2. The predicted octanol–water partition coefficient (Wildman–Crippen LogP) is 3.06. The molecular formula is C17H27NO. The Balaban J connectivity index is 2.14. The summed E-state index contributed by atoms with van der Waals surface area (Å²) in [5.41, 5.74) is 1.08. The second-order valence-electron chi connectivity index (χ2n) is 6.55. The highest BCUT2D eigenvalue weighted by atomic mass is 16.3. The van der Waals surface area contributed by atoms with E-state index in [0.29, 0.717) is 6.04 Å². The van der Waals surface area contributed by atoms with Gasteiger partial charge in [0.2, 0.25) is 0 Å². The van der Waals surface area contributed by atoms with Gasteiger partial charge in [-0.25, -0.2) is 0 Å². The molecule has 0 saturated carbocycles. The van der Waals surface area contributed by atoms with Crippen molar-refractivity contribution >= 4 is 0 Å². The molecule has 3 atom stereocenters. The molecule has 2 heteroatoms. The van der Waals surface area contributed by atoms with Gasteiger partial charge in [-0.15, -0.1) is 0 Å². The molecule has 1 heterocycles. The minimum Gasteiger partial charge on any atom is -0.395 e. The Morgan fingerprint density at radius 2 is 1.89 bits per heavy atom. The van der Waals surface area contributed by atoms with E-state index < -0.39 is 0 Å². The Kier molecular flexibility index (Phi) is 4.64. The number of aliphatic hydroxyl groups excluding tert-OH is 1. The van der Waals surface area contributed by atoms with E-state index in [1.807, 2.05) is 6.07 Å². The number of aliphatic hydroxyl groups is 1. The van der Waals surface area contributed by atoms with Crippen LogP contribution in [0.2, 0.25) is 0 Å². The van der Waals surface area contributed by atoms with Crippen LogP contribution in [0.15, 0.2) is 30.3 Å². The van der Waals surface area contributed by atoms with Crippen LogP contribution in [0.5, 0.6) is 0 Å². The van der Waals surface area contributed by atoms with Gasteiger partial charge in [0.15, 0.2) is 0 Å². The second-order valence-corrected chi connectivity index (χ2v) is 6.55. The van der Waals surface area contributed by atoms with Crippen LogP contribution in [0.3, 0.4) is 0 Å². The normalized spacial score (nSPS) is 28.0. The third kappa shape index (κ3) is 3.37. The number of hydrogen-bond donors (Lipinski definition) is 1. The van der Waals surface area contributed by atoms with E-state index >= 15 is 0 Å². The lowest BCUT2D eigenvalue weighted by molar-refractivity contribution is 0.0756. The summed E-state index contributed by atoms with van der Waals surface area (Å²) < 4.78 is 0. The van der Waals surface area contributed by atoms with E-state index in [0.717, 1.165) is 19.0 Å². The second kappa shape index (κ2) is 6.06. The van der Waals surface area contributed by atoms with Gasteiger partial charge in [0.1, 0.15) is 0 Å². The average molecular weight is 261 g/mol. The molecule has 106 valence electrons. The van der Waals surface area contributed by atoms with Gasteiger partial charge in [0, 0.05) is 24.5 Å². The Labute approximate surface area is 117 Å². The average Bonchev–Trinajstić information content (AvgIpc) is 2.44. The van der Waals surface area contributed by atoms with E-state index in [9.17, 15) is 5.11 Å². The smallest absolute Gasteiger partial charge is 0.0537 e. The van der Waals surface area contributed by atoms with Crippen molar-refractivity contribution in [1.82, 2.24) is 4.90 Å². The van der Waals surface area contributed by atoms with Gasteiger partial charge in [-0.1, -0.05) is 44.2 Å². The molecule has 0 aromatic heterocycles. The summed E-state index contributed by atoms with van der Waals surface area (Å²) in [4.78, 5) is 2.55. The molecule has 1 aromatic rings. The Morgan fingerprint density at radius 3 is 2.53 bits per heavy atom. The highest BCUT2D eigenvalue weighted by molar-refractivity contribution is 5.25. The molecular weight excluding hydrogens is 234 g/mol. The zero-order chi connectivity index (χ0) is 13.9. The van der Waals surface area contributed by atoms with Crippen LogP contribution in [-0.2, 0) is 5.41 Å². The number of likely N-dealkylation sites (tertiary alicyclic amines) is 1. The Bertz CT molecular complexity index is 392. The fourth-order valence-electron chi connectivity index (χ4n) is 3.12. The molecule has 1 aromatic carbocycles. The van der Waals surface area contributed by atoms with Gasteiger partial charge in [-0.2, -0.15) is 0 Å². The molecule has 0 bridgehead atoms. The molecule has 1 saturated heterocycles. The van der Waals surface area contributed by atoms with Crippen LogP contribution in [0.4, 0.5) is 0 Å². The van der Waals surface area contributed by atoms with Gasteiger partial charge in [0.05, 0.1) is 6.61 Å². The summed E-state index contributed by atoms with van der Waals surface area (Å²) in [6.45, 7) is 9.12. The lowest BCUT2D eigenvalue weighted by Gasteiger charge is -2.42. The minimum atomic E-state index is -0.160. The van der Waals surface area contributed by atoms with Crippen LogP contribution in [0.25, 0.3) is 0 Å². The molecule has 1 fully saturated rings. The monoisotopic (exact) mass is 261 g/mol. The summed E-state index contributed by atoms with van der Waals surface area (Å²) in [6.07, 6.45) is 2.61. The maximum Gasteiger partial charge on any atom is 0.0537 e. The maximum absolute atomic E-state index is 9.89. The first-order valence-corrected chi connectivity index (χ1v) is 7.45. The van der Waals surface area contributed by atoms with Crippen molar-refractivity contribution in [2.24, 2.45) is 5.92 Å². The first-order valence-electron chi connectivity index (χ1n) is 7.45. The van der Waals surface area contributed by atoms with Crippen LogP contribution in [-0.4, -0.2) is 35.7 Å². The van der Waals surface area contributed by atoms with Gasteiger partial charge >= 0.3 is 0 Å². The Morgan fingerprint density at radius 1 is 1.21 bits per heavy atom. The summed E-state index contributed by atoms with van der Waals surface area (Å²) in [7, 11) is 0.